The van der Waals surface area contributed by atoms with Crippen LogP contribution in [0.15, 0.2) is 41.3 Å². The molecule has 0 aliphatic carbocycles. The standard InChI is InChI=1S/C19H19ClFNO3S/c1-12-3-5-15(9-13(12)2)26-8-7-19(24)25-11-18(23)22-17-6-4-14(21)10-16(17)20/h3-6,9-10H,7-8,11H2,1-2H3,(H,22,23). The Morgan fingerprint density at radius 3 is 2.62 bits per heavy atom. The maximum Gasteiger partial charge on any atom is 0.307 e. The van der Waals surface area contributed by atoms with E-state index < -0.39 is 24.3 Å². The molecule has 26 heavy (non-hydrogen) atoms. The number of nitrogens with one attached hydrogen (secondary N) is 1. The summed E-state index contributed by atoms with van der Waals surface area (Å²) >= 11 is 7.38. The topological polar surface area (TPSA) is 55.4 Å². The molecule has 4 nitrogen and oxygen atoms in total. The Morgan fingerprint density at radius 2 is 1.92 bits per heavy atom. The van der Waals surface area contributed by atoms with Crippen LogP contribution in [0.2, 0.25) is 5.02 Å². The van der Waals surface area contributed by atoms with Crippen molar-refractivity contribution in [2.24, 2.45) is 0 Å². The van der Waals surface area contributed by atoms with Crippen LogP contribution in [0.5, 0.6) is 0 Å². The maximum absolute atomic E-state index is 13.0. The van der Waals surface area contributed by atoms with Crippen molar-refractivity contribution >= 4 is 40.9 Å². The van der Waals surface area contributed by atoms with Crippen LogP contribution in [0.4, 0.5) is 10.1 Å². The number of hydrogen-bond acceptors (Lipinski definition) is 4. The molecule has 0 aromatic heterocycles. The lowest BCUT2D eigenvalue weighted by Crippen LogP contribution is -2.21. The normalized spacial score (nSPS) is 10.5. The monoisotopic (exact) mass is 395 g/mol. The van der Waals surface area contributed by atoms with Gasteiger partial charge in [0.25, 0.3) is 5.91 Å². The average molecular weight is 396 g/mol. The number of rotatable bonds is 7. The third-order valence-corrected chi connectivity index (χ3v) is 4.93. The fraction of sp³-hybridized carbons (Fsp3) is 0.263. The second-order valence-electron chi connectivity index (χ2n) is 5.68. The molecule has 2 rings (SSSR count). The highest BCUT2D eigenvalue weighted by molar-refractivity contribution is 7.99. The van der Waals surface area contributed by atoms with Crippen LogP contribution >= 0.6 is 23.4 Å². The summed E-state index contributed by atoms with van der Waals surface area (Å²) in [5, 5.41) is 2.54. The molecule has 1 N–H and O–H groups in total. The molecule has 0 unspecified atom stereocenters. The molecule has 7 heteroatoms. The number of benzene rings is 2. The van der Waals surface area contributed by atoms with Crippen molar-refractivity contribution in [3.63, 3.8) is 0 Å². The highest BCUT2D eigenvalue weighted by atomic mass is 35.5. The molecular weight excluding hydrogens is 377 g/mol. The number of esters is 1. The summed E-state index contributed by atoms with van der Waals surface area (Å²) in [6.45, 7) is 3.67. The minimum atomic E-state index is -0.534. The van der Waals surface area contributed by atoms with Gasteiger partial charge in [0.05, 0.1) is 17.1 Å². The van der Waals surface area contributed by atoms with Crippen molar-refractivity contribution in [1.82, 2.24) is 0 Å². The van der Waals surface area contributed by atoms with Crippen molar-refractivity contribution in [2.75, 3.05) is 17.7 Å². The first kappa shape index (κ1) is 20.3. The molecule has 0 bridgehead atoms. The quantitative estimate of drug-likeness (QED) is 0.542. The molecule has 138 valence electrons. The Kier molecular flexibility index (Phi) is 7.48. The Bertz CT molecular complexity index is 813. The van der Waals surface area contributed by atoms with Crippen LogP contribution in [0.1, 0.15) is 17.5 Å². The number of amides is 1. The molecule has 0 saturated carbocycles. The van der Waals surface area contributed by atoms with Crippen molar-refractivity contribution in [3.8, 4) is 0 Å². The van der Waals surface area contributed by atoms with E-state index in [-0.39, 0.29) is 17.1 Å². The second kappa shape index (κ2) is 9.59. The molecule has 0 heterocycles. The van der Waals surface area contributed by atoms with E-state index in [9.17, 15) is 14.0 Å². The second-order valence-corrected chi connectivity index (χ2v) is 7.25. The zero-order chi connectivity index (χ0) is 19.1. The number of carbonyl (C=O) groups is 2. The van der Waals surface area contributed by atoms with Crippen molar-refractivity contribution in [1.29, 1.82) is 0 Å². The van der Waals surface area contributed by atoms with Gasteiger partial charge in [-0.3, -0.25) is 9.59 Å². The van der Waals surface area contributed by atoms with Gasteiger partial charge < -0.3 is 10.1 Å². The van der Waals surface area contributed by atoms with Crippen molar-refractivity contribution in [2.45, 2.75) is 25.2 Å². The summed E-state index contributed by atoms with van der Waals surface area (Å²) in [4.78, 5) is 24.6. The predicted molar refractivity (Wildman–Crippen MR) is 102 cm³/mol. The fourth-order valence-electron chi connectivity index (χ4n) is 2.05. The number of carbonyl (C=O) groups excluding carboxylic acids is 2. The van der Waals surface area contributed by atoms with Crippen molar-refractivity contribution < 1.29 is 18.7 Å². The number of ether oxygens (including phenoxy) is 1. The Labute approximate surface area is 161 Å². The smallest absolute Gasteiger partial charge is 0.307 e. The van der Waals surface area contributed by atoms with Gasteiger partial charge in [0, 0.05) is 10.6 Å². The van der Waals surface area contributed by atoms with E-state index in [0.29, 0.717) is 5.75 Å². The molecular formula is C19H19ClFNO3S. The van der Waals surface area contributed by atoms with Crippen LogP contribution in [-0.2, 0) is 14.3 Å². The van der Waals surface area contributed by atoms with Gasteiger partial charge in [-0.2, -0.15) is 0 Å². The van der Waals surface area contributed by atoms with E-state index in [1.54, 1.807) is 11.8 Å². The Hall–Kier alpha value is -2.05. The summed E-state index contributed by atoms with van der Waals surface area (Å²) in [6.07, 6.45) is 0.197. The van der Waals surface area contributed by atoms with Gasteiger partial charge in [-0.25, -0.2) is 4.39 Å². The first-order valence-electron chi connectivity index (χ1n) is 7.95. The van der Waals surface area contributed by atoms with E-state index in [1.807, 2.05) is 26.0 Å². The van der Waals surface area contributed by atoms with Gasteiger partial charge >= 0.3 is 5.97 Å². The van der Waals surface area contributed by atoms with E-state index in [2.05, 4.69) is 11.4 Å². The molecule has 2 aromatic carbocycles. The Morgan fingerprint density at radius 1 is 1.15 bits per heavy atom. The molecule has 0 fully saturated rings. The summed E-state index contributed by atoms with van der Waals surface area (Å²) in [7, 11) is 0. The zero-order valence-electron chi connectivity index (χ0n) is 14.5. The van der Waals surface area contributed by atoms with E-state index in [1.165, 1.54) is 23.3 Å². The number of halogens is 2. The van der Waals surface area contributed by atoms with Gasteiger partial charge in [0.1, 0.15) is 5.82 Å². The first-order valence-corrected chi connectivity index (χ1v) is 9.32. The molecule has 1 amide bonds. The first-order chi connectivity index (χ1) is 12.3. The zero-order valence-corrected chi connectivity index (χ0v) is 16.0. The van der Waals surface area contributed by atoms with Gasteiger partial charge in [0.2, 0.25) is 0 Å². The summed E-state index contributed by atoms with van der Waals surface area (Å²) < 4.78 is 17.9. The van der Waals surface area contributed by atoms with Gasteiger partial charge in [-0.1, -0.05) is 17.7 Å². The van der Waals surface area contributed by atoms with Crippen LogP contribution in [-0.4, -0.2) is 24.2 Å². The minimum Gasteiger partial charge on any atom is -0.456 e. The van der Waals surface area contributed by atoms with E-state index in [4.69, 9.17) is 16.3 Å². The summed E-state index contributed by atoms with van der Waals surface area (Å²) in [5.41, 5.74) is 2.69. The highest BCUT2D eigenvalue weighted by Gasteiger charge is 2.10. The van der Waals surface area contributed by atoms with Crippen LogP contribution in [0.25, 0.3) is 0 Å². The number of anilines is 1. The lowest BCUT2D eigenvalue weighted by Gasteiger charge is -2.08. The van der Waals surface area contributed by atoms with Crippen molar-refractivity contribution in [3.05, 3.63) is 58.4 Å². The molecule has 0 radical (unpaired) electrons. The Balaban J connectivity index is 1.70. The minimum absolute atomic E-state index is 0.0782. The van der Waals surface area contributed by atoms with Gasteiger partial charge in [-0.15, -0.1) is 11.8 Å². The average Bonchev–Trinajstić information content (AvgIpc) is 2.59. The van der Waals surface area contributed by atoms with Crippen LogP contribution < -0.4 is 5.32 Å². The fourth-order valence-corrected chi connectivity index (χ4v) is 3.19. The summed E-state index contributed by atoms with van der Waals surface area (Å²) in [5.74, 6) is -0.928. The molecule has 2 aromatic rings. The van der Waals surface area contributed by atoms with E-state index >= 15 is 0 Å². The van der Waals surface area contributed by atoms with E-state index in [0.717, 1.165) is 11.0 Å². The summed E-state index contributed by atoms with van der Waals surface area (Å²) in [6, 6.07) is 9.74. The lowest BCUT2D eigenvalue weighted by molar-refractivity contribution is -0.146. The number of thioether (sulfide) groups is 1. The maximum atomic E-state index is 13.0. The molecule has 0 spiro atoms. The molecule has 0 aliphatic rings. The van der Waals surface area contributed by atoms with Gasteiger partial charge in [-0.05, 0) is 55.3 Å². The molecule has 0 aliphatic heterocycles. The van der Waals surface area contributed by atoms with Crippen LogP contribution in [0.3, 0.4) is 0 Å². The largest absolute Gasteiger partial charge is 0.456 e. The predicted octanol–water partition coefficient (Wildman–Crippen LogP) is 4.76. The number of hydrogen-bond donors (Lipinski definition) is 1. The van der Waals surface area contributed by atoms with Crippen LogP contribution in [0, 0.1) is 19.7 Å². The molecule has 0 atom stereocenters. The third kappa shape index (κ3) is 6.35. The SMILES string of the molecule is Cc1ccc(SCCC(=O)OCC(=O)Nc2ccc(F)cc2Cl)cc1C. The number of aryl methyl sites for hydroxylation is 2. The third-order valence-electron chi connectivity index (χ3n) is 3.62. The molecule has 0 saturated heterocycles. The van der Waals surface area contributed by atoms with Gasteiger partial charge in [0.15, 0.2) is 6.61 Å². The lowest BCUT2D eigenvalue weighted by atomic mass is 10.1. The highest BCUT2D eigenvalue weighted by Crippen LogP contribution is 2.23.